The number of amides is 2. The zero-order valence-corrected chi connectivity index (χ0v) is 18.9. The van der Waals surface area contributed by atoms with Gasteiger partial charge in [0.05, 0.1) is 19.0 Å². The van der Waals surface area contributed by atoms with Crippen molar-refractivity contribution in [3.05, 3.63) is 71.5 Å². The number of nitrogens with one attached hydrogen (secondary N) is 2. The molecule has 2 N–H and O–H groups in total. The summed E-state index contributed by atoms with van der Waals surface area (Å²) in [5.74, 6) is -0.943. The highest BCUT2D eigenvalue weighted by atomic mass is 19.1. The van der Waals surface area contributed by atoms with Crippen LogP contribution in [0, 0.1) is 5.82 Å². The molecule has 0 saturated carbocycles. The van der Waals surface area contributed by atoms with Crippen LogP contribution in [0.4, 0.5) is 4.39 Å². The van der Waals surface area contributed by atoms with Gasteiger partial charge >= 0.3 is 0 Å². The Kier molecular flexibility index (Phi) is 8.76. The average molecular weight is 441 g/mol. The van der Waals surface area contributed by atoms with Gasteiger partial charge in [-0.3, -0.25) is 9.59 Å². The molecule has 2 aromatic rings. The summed E-state index contributed by atoms with van der Waals surface area (Å²) in [7, 11) is 4.25. The number of likely N-dealkylation sites (tertiary alicyclic amines) is 1. The van der Waals surface area contributed by atoms with Crippen molar-refractivity contribution in [2.24, 2.45) is 0 Å². The van der Waals surface area contributed by atoms with Gasteiger partial charge in [0.15, 0.2) is 0 Å². The molecule has 7 heteroatoms. The van der Waals surface area contributed by atoms with Crippen LogP contribution >= 0.6 is 0 Å². The molecular weight excluding hydrogens is 407 g/mol. The van der Waals surface area contributed by atoms with Gasteiger partial charge < -0.3 is 20.4 Å². The van der Waals surface area contributed by atoms with Gasteiger partial charge in [0.1, 0.15) is 5.82 Å². The molecule has 2 aromatic carbocycles. The van der Waals surface area contributed by atoms with Crippen molar-refractivity contribution in [1.29, 1.82) is 0 Å². The highest BCUT2D eigenvalue weighted by molar-refractivity contribution is 5.85. The maximum Gasteiger partial charge on any atom is 0.239 e. The highest BCUT2D eigenvalue weighted by Gasteiger charge is 2.24. The minimum Gasteiger partial charge on any atom is -0.347 e. The first-order valence-corrected chi connectivity index (χ1v) is 11.1. The topological polar surface area (TPSA) is 64.7 Å². The van der Waals surface area contributed by atoms with Crippen molar-refractivity contribution in [2.45, 2.75) is 31.3 Å². The van der Waals surface area contributed by atoms with Crippen LogP contribution in [-0.2, 0) is 16.0 Å². The Bertz CT molecular complexity index is 885. The van der Waals surface area contributed by atoms with Gasteiger partial charge in [-0.25, -0.2) is 4.39 Å². The number of benzene rings is 2. The normalized spacial score (nSPS) is 16.0. The van der Waals surface area contributed by atoms with Gasteiger partial charge in [0.25, 0.3) is 0 Å². The van der Waals surface area contributed by atoms with E-state index < -0.39 is 0 Å². The molecule has 1 fully saturated rings. The van der Waals surface area contributed by atoms with Crippen molar-refractivity contribution in [3.63, 3.8) is 0 Å². The number of likely N-dealkylation sites (N-methyl/N-ethyl adjacent to an activating group) is 1. The zero-order chi connectivity index (χ0) is 22.9. The van der Waals surface area contributed by atoms with E-state index in [1.54, 1.807) is 12.1 Å². The lowest BCUT2D eigenvalue weighted by Gasteiger charge is -2.37. The average Bonchev–Trinajstić information content (AvgIpc) is 2.78. The molecular formula is C25H33FN4O2. The Morgan fingerprint density at radius 3 is 2.50 bits per heavy atom. The van der Waals surface area contributed by atoms with E-state index in [0.29, 0.717) is 18.2 Å². The summed E-state index contributed by atoms with van der Waals surface area (Å²) in [6.45, 7) is 2.74. The number of nitrogens with zero attached hydrogens (tertiary/aromatic N) is 2. The molecule has 1 aliphatic rings. The molecule has 3 rings (SSSR count). The van der Waals surface area contributed by atoms with E-state index in [4.69, 9.17) is 0 Å². The molecule has 0 aliphatic carbocycles. The monoisotopic (exact) mass is 440 g/mol. The van der Waals surface area contributed by atoms with Crippen molar-refractivity contribution in [2.75, 3.05) is 40.3 Å². The molecule has 6 nitrogen and oxygen atoms in total. The zero-order valence-electron chi connectivity index (χ0n) is 18.9. The highest BCUT2D eigenvalue weighted by Crippen LogP contribution is 2.19. The third-order valence-electron chi connectivity index (χ3n) is 6.02. The maximum absolute atomic E-state index is 13.3. The van der Waals surface area contributed by atoms with Gasteiger partial charge in [-0.15, -0.1) is 0 Å². The van der Waals surface area contributed by atoms with Crippen LogP contribution in [0.1, 0.15) is 30.0 Å². The number of carbonyl (C=O) groups is 2. The third-order valence-corrected chi connectivity index (χ3v) is 6.02. The van der Waals surface area contributed by atoms with Crippen LogP contribution in [0.15, 0.2) is 54.6 Å². The van der Waals surface area contributed by atoms with Crippen LogP contribution < -0.4 is 10.6 Å². The maximum atomic E-state index is 13.3. The second kappa shape index (κ2) is 11.7. The van der Waals surface area contributed by atoms with Crippen LogP contribution in [-0.4, -0.2) is 67.9 Å². The number of halogens is 1. The van der Waals surface area contributed by atoms with Gasteiger partial charge in [-0.05, 0) is 63.3 Å². The van der Waals surface area contributed by atoms with E-state index in [0.717, 1.165) is 31.5 Å². The molecule has 0 bridgehead atoms. The quantitative estimate of drug-likeness (QED) is 0.629. The van der Waals surface area contributed by atoms with Crippen molar-refractivity contribution in [3.8, 4) is 0 Å². The molecule has 1 heterocycles. The van der Waals surface area contributed by atoms with E-state index in [9.17, 15) is 14.0 Å². The lowest BCUT2D eigenvalue weighted by atomic mass is 10.0. The Morgan fingerprint density at radius 1 is 1.09 bits per heavy atom. The minimum atomic E-state index is -0.382. The molecule has 1 aliphatic heterocycles. The fourth-order valence-corrected chi connectivity index (χ4v) is 4.11. The van der Waals surface area contributed by atoms with E-state index in [2.05, 4.69) is 34.5 Å². The summed E-state index contributed by atoms with van der Waals surface area (Å²) in [4.78, 5) is 29.5. The van der Waals surface area contributed by atoms with Gasteiger partial charge in [-0.1, -0.05) is 42.5 Å². The molecule has 0 unspecified atom stereocenters. The predicted octanol–water partition coefficient (Wildman–Crippen LogP) is 2.37. The van der Waals surface area contributed by atoms with Crippen LogP contribution in [0.5, 0.6) is 0 Å². The number of piperidine rings is 1. The second-order valence-electron chi connectivity index (χ2n) is 8.59. The van der Waals surface area contributed by atoms with Crippen LogP contribution in [0.25, 0.3) is 0 Å². The summed E-state index contributed by atoms with van der Waals surface area (Å²) in [5, 5.41) is 5.71. The first kappa shape index (κ1) is 23.9. The van der Waals surface area contributed by atoms with E-state index in [1.807, 2.05) is 30.3 Å². The molecule has 1 atom stereocenters. The molecule has 0 radical (unpaired) electrons. The number of hydrogen-bond donors (Lipinski definition) is 2. The summed E-state index contributed by atoms with van der Waals surface area (Å²) >= 11 is 0. The molecule has 1 saturated heterocycles. The Hall–Kier alpha value is -2.77. The minimum absolute atomic E-state index is 0.0337. The van der Waals surface area contributed by atoms with Gasteiger partial charge in [0.2, 0.25) is 11.8 Å². The predicted molar refractivity (Wildman–Crippen MR) is 124 cm³/mol. The smallest absolute Gasteiger partial charge is 0.239 e. The second-order valence-corrected chi connectivity index (χ2v) is 8.59. The first-order valence-electron chi connectivity index (χ1n) is 11.1. The first-order chi connectivity index (χ1) is 15.4. The number of rotatable bonds is 9. The fourth-order valence-electron chi connectivity index (χ4n) is 4.11. The SMILES string of the molecule is CN1CCC(N(C)C[C@H](NC(=O)CNC(=O)Cc2cccc(F)c2)c2ccccc2)CC1. The standard InChI is InChI=1S/C25H33FN4O2/c1-29-13-11-22(12-14-29)30(2)18-23(20-8-4-3-5-9-20)28-25(32)17-27-24(31)16-19-7-6-10-21(26)15-19/h3-10,15,22-23H,11-14,16-18H2,1-2H3,(H,27,31)(H,28,32)/t23-/m0/s1. The van der Waals surface area contributed by atoms with Crippen molar-refractivity contribution < 1.29 is 14.0 Å². The van der Waals surface area contributed by atoms with Crippen LogP contribution in [0.2, 0.25) is 0 Å². The Labute approximate surface area is 189 Å². The largest absolute Gasteiger partial charge is 0.347 e. The summed E-state index contributed by atoms with van der Waals surface area (Å²) in [6, 6.07) is 16.1. The molecule has 172 valence electrons. The van der Waals surface area contributed by atoms with Gasteiger partial charge in [-0.2, -0.15) is 0 Å². The van der Waals surface area contributed by atoms with Gasteiger partial charge in [0, 0.05) is 12.6 Å². The molecule has 0 aromatic heterocycles. The summed E-state index contributed by atoms with van der Waals surface area (Å²) in [5.41, 5.74) is 1.61. The van der Waals surface area contributed by atoms with E-state index in [-0.39, 0.29) is 36.6 Å². The number of carbonyl (C=O) groups excluding carboxylic acids is 2. The molecule has 2 amide bonds. The Balaban J connectivity index is 1.54. The summed E-state index contributed by atoms with van der Waals surface area (Å²) in [6.07, 6.45) is 2.25. The lowest BCUT2D eigenvalue weighted by molar-refractivity contribution is -0.126. The number of hydrogen-bond acceptors (Lipinski definition) is 4. The fraction of sp³-hybridized carbons (Fsp3) is 0.440. The third kappa shape index (κ3) is 7.43. The molecule has 0 spiro atoms. The lowest BCUT2D eigenvalue weighted by Crippen LogP contribution is -2.46. The molecule has 32 heavy (non-hydrogen) atoms. The summed E-state index contributed by atoms with van der Waals surface area (Å²) < 4.78 is 13.3. The Morgan fingerprint density at radius 2 is 1.81 bits per heavy atom. The van der Waals surface area contributed by atoms with E-state index >= 15 is 0 Å². The van der Waals surface area contributed by atoms with Crippen molar-refractivity contribution in [1.82, 2.24) is 20.4 Å². The van der Waals surface area contributed by atoms with E-state index in [1.165, 1.54) is 12.1 Å². The van der Waals surface area contributed by atoms with Crippen molar-refractivity contribution >= 4 is 11.8 Å². The van der Waals surface area contributed by atoms with Crippen LogP contribution in [0.3, 0.4) is 0 Å².